The summed E-state index contributed by atoms with van der Waals surface area (Å²) in [6, 6.07) is 0. The van der Waals surface area contributed by atoms with Gasteiger partial charge >= 0.3 is 0 Å². The third-order valence-corrected chi connectivity index (χ3v) is 2.57. The molecule has 0 saturated heterocycles. The maximum atomic E-state index is 5.03. The van der Waals surface area contributed by atoms with E-state index < -0.39 is 0 Å². The third kappa shape index (κ3) is 11.8. The van der Waals surface area contributed by atoms with Gasteiger partial charge < -0.3 is 15.0 Å². The van der Waals surface area contributed by atoms with Crippen LogP contribution in [0.15, 0.2) is 0 Å². The summed E-state index contributed by atoms with van der Waals surface area (Å²) in [5.41, 5.74) is 0. The second kappa shape index (κ2) is 12.0. The SMILES string of the molecule is CCNCCCCCCN(C)CCOC. The van der Waals surface area contributed by atoms with Gasteiger partial charge in [0.2, 0.25) is 0 Å². The van der Waals surface area contributed by atoms with Gasteiger partial charge in [0.05, 0.1) is 6.61 Å². The van der Waals surface area contributed by atoms with E-state index in [1.165, 1.54) is 38.8 Å². The first-order chi connectivity index (χ1) is 7.31. The molecular weight excluding hydrogens is 188 g/mol. The van der Waals surface area contributed by atoms with Gasteiger partial charge in [-0.3, -0.25) is 0 Å². The summed E-state index contributed by atoms with van der Waals surface area (Å²) in [6.45, 7) is 7.52. The van der Waals surface area contributed by atoms with Crippen LogP contribution in [0, 0.1) is 0 Å². The smallest absolute Gasteiger partial charge is 0.0589 e. The second-order valence-corrected chi connectivity index (χ2v) is 4.06. The molecule has 0 heterocycles. The van der Waals surface area contributed by atoms with E-state index in [9.17, 15) is 0 Å². The predicted molar refractivity (Wildman–Crippen MR) is 66.4 cm³/mol. The Hall–Kier alpha value is -0.120. The fraction of sp³-hybridized carbons (Fsp3) is 1.00. The molecule has 0 spiro atoms. The highest BCUT2D eigenvalue weighted by Crippen LogP contribution is 2.00. The zero-order chi connectivity index (χ0) is 11.4. The summed E-state index contributed by atoms with van der Waals surface area (Å²) in [4.78, 5) is 2.34. The Bertz CT molecular complexity index is 120. The zero-order valence-corrected chi connectivity index (χ0v) is 10.7. The van der Waals surface area contributed by atoms with Gasteiger partial charge in [0.1, 0.15) is 0 Å². The van der Waals surface area contributed by atoms with E-state index in [1.54, 1.807) is 7.11 Å². The number of rotatable bonds is 11. The van der Waals surface area contributed by atoms with Gasteiger partial charge in [-0.25, -0.2) is 0 Å². The number of nitrogens with one attached hydrogen (secondary N) is 1. The molecule has 0 fully saturated rings. The summed E-state index contributed by atoms with van der Waals surface area (Å²) >= 11 is 0. The molecule has 0 atom stereocenters. The molecule has 0 aromatic heterocycles. The number of methoxy groups -OCH3 is 1. The molecule has 0 amide bonds. The zero-order valence-electron chi connectivity index (χ0n) is 10.7. The van der Waals surface area contributed by atoms with Gasteiger partial charge in [-0.1, -0.05) is 19.8 Å². The molecule has 0 bridgehead atoms. The molecule has 0 aromatic carbocycles. The van der Waals surface area contributed by atoms with Gasteiger partial charge in [0.15, 0.2) is 0 Å². The molecule has 0 rings (SSSR count). The number of nitrogens with zero attached hydrogens (tertiary/aromatic N) is 1. The highest BCUT2D eigenvalue weighted by Gasteiger charge is 1.97. The first kappa shape index (κ1) is 14.9. The van der Waals surface area contributed by atoms with Gasteiger partial charge in [-0.2, -0.15) is 0 Å². The number of ether oxygens (including phenoxy) is 1. The van der Waals surface area contributed by atoms with Gasteiger partial charge in [-0.15, -0.1) is 0 Å². The molecular formula is C12H28N2O. The lowest BCUT2D eigenvalue weighted by Crippen LogP contribution is -2.23. The number of hydrogen-bond donors (Lipinski definition) is 1. The lowest BCUT2D eigenvalue weighted by Gasteiger charge is -2.15. The fourth-order valence-corrected chi connectivity index (χ4v) is 1.52. The first-order valence-corrected chi connectivity index (χ1v) is 6.19. The molecule has 3 nitrogen and oxygen atoms in total. The Morgan fingerprint density at radius 2 is 1.80 bits per heavy atom. The minimum absolute atomic E-state index is 0.844. The van der Waals surface area contributed by atoms with Crippen molar-refractivity contribution in [1.29, 1.82) is 0 Å². The molecule has 92 valence electrons. The molecule has 1 N–H and O–H groups in total. The Labute approximate surface area is 95.2 Å². The van der Waals surface area contributed by atoms with Crippen molar-refractivity contribution >= 4 is 0 Å². The maximum Gasteiger partial charge on any atom is 0.0589 e. The number of hydrogen-bond acceptors (Lipinski definition) is 3. The molecule has 0 aliphatic heterocycles. The molecule has 15 heavy (non-hydrogen) atoms. The van der Waals surface area contributed by atoms with Crippen molar-refractivity contribution in [3.05, 3.63) is 0 Å². The van der Waals surface area contributed by atoms with E-state index in [4.69, 9.17) is 4.74 Å². The standard InChI is InChI=1S/C12H28N2O/c1-4-13-9-7-5-6-8-10-14(2)11-12-15-3/h13H,4-12H2,1-3H3. The van der Waals surface area contributed by atoms with Gasteiger partial charge in [0, 0.05) is 13.7 Å². The average Bonchev–Trinajstić information content (AvgIpc) is 2.25. The van der Waals surface area contributed by atoms with Crippen LogP contribution in [0.4, 0.5) is 0 Å². The van der Waals surface area contributed by atoms with E-state index in [0.29, 0.717) is 0 Å². The quantitative estimate of drug-likeness (QED) is 0.532. The van der Waals surface area contributed by atoms with E-state index in [2.05, 4.69) is 24.2 Å². The van der Waals surface area contributed by atoms with Crippen LogP contribution >= 0.6 is 0 Å². The van der Waals surface area contributed by atoms with Gasteiger partial charge in [0.25, 0.3) is 0 Å². The van der Waals surface area contributed by atoms with E-state index >= 15 is 0 Å². The summed E-state index contributed by atoms with van der Waals surface area (Å²) in [7, 11) is 3.92. The van der Waals surface area contributed by atoms with Crippen LogP contribution in [0.2, 0.25) is 0 Å². The van der Waals surface area contributed by atoms with E-state index in [1.807, 2.05) is 0 Å². The molecule has 0 aromatic rings. The van der Waals surface area contributed by atoms with E-state index in [-0.39, 0.29) is 0 Å². The Morgan fingerprint density at radius 1 is 1.07 bits per heavy atom. The van der Waals surface area contributed by atoms with Crippen molar-refractivity contribution in [2.45, 2.75) is 32.6 Å². The monoisotopic (exact) mass is 216 g/mol. The summed E-state index contributed by atoms with van der Waals surface area (Å²) in [6.07, 6.45) is 5.33. The summed E-state index contributed by atoms with van der Waals surface area (Å²) in [5, 5.41) is 3.35. The lowest BCUT2D eigenvalue weighted by molar-refractivity contribution is 0.160. The highest BCUT2D eigenvalue weighted by molar-refractivity contribution is 4.52. The highest BCUT2D eigenvalue weighted by atomic mass is 16.5. The molecule has 3 heteroatoms. The summed E-state index contributed by atoms with van der Waals surface area (Å²) < 4.78 is 5.03. The van der Waals surface area contributed by atoms with Crippen LogP contribution < -0.4 is 5.32 Å². The molecule has 0 aliphatic rings. The molecule has 0 aliphatic carbocycles. The fourth-order valence-electron chi connectivity index (χ4n) is 1.52. The normalized spacial score (nSPS) is 11.2. The van der Waals surface area contributed by atoms with Crippen molar-refractivity contribution in [2.24, 2.45) is 0 Å². The van der Waals surface area contributed by atoms with Crippen LogP contribution in [0.1, 0.15) is 32.6 Å². The van der Waals surface area contributed by atoms with Crippen molar-refractivity contribution < 1.29 is 4.74 Å². The second-order valence-electron chi connectivity index (χ2n) is 4.06. The molecule has 0 unspecified atom stereocenters. The molecule has 0 saturated carbocycles. The van der Waals surface area contributed by atoms with Crippen LogP contribution in [0.3, 0.4) is 0 Å². The lowest BCUT2D eigenvalue weighted by atomic mass is 10.2. The predicted octanol–water partition coefficient (Wildman–Crippen LogP) is 1.73. The Kier molecular flexibility index (Phi) is 11.9. The van der Waals surface area contributed by atoms with Crippen molar-refractivity contribution in [3.63, 3.8) is 0 Å². The van der Waals surface area contributed by atoms with Gasteiger partial charge in [-0.05, 0) is 39.5 Å². The van der Waals surface area contributed by atoms with Crippen LogP contribution in [-0.2, 0) is 4.74 Å². The Balaban J connectivity index is 3.02. The average molecular weight is 216 g/mol. The van der Waals surface area contributed by atoms with Crippen molar-refractivity contribution in [3.8, 4) is 0 Å². The third-order valence-electron chi connectivity index (χ3n) is 2.57. The van der Waals surface area contributed by atoms with Crippen molar-refractivity contribution in [2.75, 3.05) is 46.9 Å². The largest absolute Gasteiger partial charge is 0.383 e. The first-order valence-electron chi connectivity index (χ1n) is 6.19. The maximum absolute atomic E-state index is 5.03. The van der Waals surface area contributed by atoms with E-state index in [0.717, 1.165) is 19.7 Å². The van der Waals surface area contributed by atoms with Crippen molar-refractivity contribution in [1.82, 2.24) is 10.2 Å². The summed E-state index contributed by atoms with van der Waals surface area (Å²) in [5.74, 6) is 0. The number of likely N-dealkylation sites (N-methyl/N-ethyl adjacent to an activating group) is 1. The number of unbranched alkanes of at least 4 members (excludes halogenated alkanes) is 3. The minimum atomic E-state index is 0.844. The van der Waals surface area contributed by atoms with Crippen LogP contribution in [0.25, 0.3) is 0 Å². The van der Waals surface area contributed by atoms with Crippen LogP contribution in [-0.4, -0.2) is 51.8 Å². The van der Waals surface area contributed by atoms with Crippen LogP contribution in [0.5, 0.6) is 0 Å². The minimum Gasteiger partial charge on any atom is -0.383 e. The molecule has 0 radical (unpaired) electrons. The Morgan fingerprint density at radius 3 is 2.47 bits per heavy atom. The topological polar surface area (TPSA) is 24.5 Å².